The van der Waals surface area contributed by atoms with Crippen LogP contribution >= 0.6 is 0 Å². The van der Waals surface area contributed by atoms with E-state index in [9.17, 15) is 19.7 Å². The molecule has 0 bridgehead atoms. The van der Waals surface area contributed by atoms with Crippen LogP contribution in [0.25, 0.3) is 10.9 Å². The minimum absolute atomic E-state index is 0.0289. The molecule has 1 heterocycles. The van der Waals surface area contributed by atoms with Crippen LogP contribution in [0.15, 0.2) is 42.5 Å². The van der Waals surface area contributed by atoms with Crippen molar-refractivity contribution in [2.75, 3.05) is 7.11 Å². The monoisotopic (exact) mass is 395 g/mol. The molecule has 8 nitrogen and oxygen atoms in total. The van der Waals surface area contributed by atoms with E-state index in [1.807, 2.05) is 24.3 Å². The van der Waals surface area contributed by atoms with Crippen molar-refractivity contribution in [1.82, 2.24) is 10.2 Å². The highest BCUT2D eigenvalue weighted by atomic mass is 16.6. The first-order chi connectivity index (χ1) is 13.9. The van der Waals surface area contributed by atoms with E-state index in [1.165, 1.54) is 13.2 Å². The van der Waals surface area contributed by atoms with Crippen LogP contribution < -0.4 is 0 Å². The molecule has 0 unspecified atom stereocenters. The molecule has 1 atom stereocenters. The van der Waals surface area contributed by atoms with E-state index in [2.05, 4.69) is 14.9 Å². The summed E-state index contributed by atoms with van der Waals surface area (Å²) in [5.74, 6) is -1.19. The Morgan fingerprint density at radius 3 is 2.59 bits per heavy atom. The first-order valence-corrected chi connectivity index (χ1v) is 9.20. The highest BCUT2D eigenvalue weighted by Crippen LogP contribution is 2.22. The van der Waals surface area contributed by atoms with Crippen LogP contribution in [-0.2, 0) is 22.4 Å². The van der Waals surface area contributed by atoms with Crippen LogP contribution in [0.2, 0.25) is 0 Å². The number of nitro groups is 1. The van der Waals surface area contributed by atoms with Gasteiger partial charge in [0.25, 0.3) is 5.69 Å². The third-order valence-corrected chi connectivity index (χ3v) is 4.81. The lowest BCUT2D eigenvalue weighted by Crippen LogP contribution is -2.17. The van der Waals surface area contributed by atoms with E-state index >= 15 is 0 Å². The summed E-state index contributed by atoms with van der Waals surface area (Å²) in [4.78, 5) is 34.5. The van der Waals surface area contributed by atoms with Crippen LogP contribution in [0.3, 0.4) is 0 Å². The second kappa shape index (κ2) is 8.64. The van der Waals surface area contributed by atoms with Gasteiger partial charge in [0.2, 0.25) is 0 Å². The number of hydrogen-bond acceptors (Lipinski definition) is 6. The number of carbonyl (C=O) groups excluding carboxylic acids is 2. The van der Waals surface area contributed by atoms with Crippen LogP contribution in [0.1, 0.15) is 35.0 Å². The maximum atomic E-state index is 12.5. The molecule has 3 aromatic rings. The molecule has 1 aromatic heterocycles. The normalized spacial score (nSPS) is 11.9. The van der Waals surface area contributed by atoms with Gasteiger partial charge in [0.05, 0.1) is 23.5 Å². The average Bonchev–Trinajstić information content (AvgIpc) is 3.15. The number of ether oxygens (including phenoxy) is 1. The summed E-state index contributed by atoms with van der Waals surface area (Å²) in [5, 5.41) is 18.6. The number of methoxy groups -OCH3 is 1. The molecule has 0 spiro atoms. The van der Waals surface area contributed by atoms with Gasteiger partial charge >= 0.3 is 5.97 Å². The van der Waals surface area contributed by atoms with Gasteiger partial charge in [-0.3, -0.25) is 24.8 Å². The number of nitrogens with one attached hydrogen (secondary N) is 1. The Morgan fingerprint density at radius 2 is 1.90 bits per heavy atom. The fraction of sp³-hybridized carbons (Fsp3) is 0.286. The van der Waals surface area contributed by atoms with Gasteiger partial charge < -0.3 is 4.74 Å². The highest BCUT2D eigenvalue weighted by molar-refractivity contribution is 6.06. The molecule has 0 amide bonds. The smallest absolute Gasteiger partial charge is 0.308 e. The van der Waals surface area contributed by atoms with Gasteiger partial charge in [-0.2, -0.15) is 5.10 Å². The fourth-order valence-electron chi connectivity index (χ4n) is 3.21. The number of fused-ring (bicyclic) bond motifs is 1. The molecule has 0 radical (unpaired) electrons. The van der Waals surface area contributed by atoms with Gasteiger partial charge in [0.15, 0.2) is 5.78 Å². The molecule has 0 aliphatic heterocycles. The Morgan fingerprint density at radius 1 is 1.17 bits per heavy atom. The number of aromatic nitrogens is 2. The lowest BCUT2D eigenvalue weighted by atomic mass is 9.99. The summed E-state index contributed by atoms with van der Waals surface area (Å²) >= 11 is 0. The maximum absolute atomic E-state index is 12.5. The number of rotatable bonds is 8. The zero-order valence-electron chi connectivity index (χ0n) is 16.2. The zero-order valence-corrected chi connectivity index (χ0v) is 16.2. The average molecular weight is 395 g/mol. The highest BCUT2D eigenvalue weighted by Gasteiger charge is 2.21. The number of carbonyl (C=O) groups is 2. The Hall–Kier alpha value is -3.55. The molecule has 8 heteroatoms. The topological polar surface area (TPSA) is 115 Å². The summed E-state index contributed by atoms with van der Waals surface area (Å²) in [7, 11) is 1.29. The summed E-state index contributed by atoms with van der Waals surface area (Å²) in [6.07, 6.45) is 1.38. The predicted molar refractivity (Wildman–Crippen MR) is 107 cm³/mol. The molecule has 0 saturated heterocycles. The SMILES string of the molecule is COC(=O)[C@H](C)CC(=O)c1n[nH]c2cc(CCc3cccc([N+](=O)[O-])c3)ccc12. The largest absolute Gasteiger partial charge is 0.469 e. The molecule has 1 N–H and O–H groups in total. The number of ketones is 1. The van der Waals surface area contributed by atoms with Crippen molar-refractivity contribution >= 4 is 28.3 Å². The Bertz CT molecular complexity index is 1070. The number of aryl methyl sites for hydroxylation is 2. The molecule has 0 aliphatic carbocycles. The van der Waals surface area contributed by atoms with E-state index in [-0.39, 0.29) is 17.9 Å². The Labute approximate surface area is 167 Å². The fourth-order valence-corrected chi connectivity index (χ4v) is 3.21. The minimum atomic E-state index is -0.534. The lowest BCUT2D eigenvalue weighted by Gasteiger charge is -2.07. The van der Waals surface area contributed by atoms with Crippen molar-refractivity contribution in [2.45, 2.75) is 26.2 Å². The van der Waals surface area contributed by atoms with E-state index in [1.54, 1.807) is 19.1 Å². The van der Waals surface area contributed by atoms with Crippen molar-refractivity contribution in [1.29, 1.82) is 0 Å². The summed E-state index contributed by atoms with van der Waals surface area (Å²) < 4.78 is 4.66. The van der Waals surface area contributed by atoms with E-state index in [4.69, 9.17) is 0 Å². The number of Topliss-reactive ketones (excluding diaryl/α,β-unsaturated/α-hetero) is 1. The van der Waals surface area contributed by atoms with Gasteiger partial charge in [-0.05, 0) is 30.0 Å². The van der Waals surface area contributed by atoms with Crippen molar-refractivity contribution < 1.29 is 19.2 Å². The second-order valence-electron chi connectivity index (χ2n) is 6.93. The molecule has 150 valence electrons. The van der Waals surface area contributed by atoms with Crippen molar-refractivity contribution in [3.05, 3.63) is 69.4 Å². The third-order valence-electron chi connectivity index (χ3n) is 4.81. The number of benzene rings is 2. The van der Waals surface area contributed by atoms with Gasteiger partial charge in [-0.1, -0.05) is 31.2 Å². The number of esters is 1. The molecule has 2 aromatic carbocycles. The molecular weight excluding hydrogens is 374 g/mol. The Balaban J connectivity index is 1.72. The predicted octanol–water partition coefficient (Wildman–Crippen LogP) is 3.64. The minimum Gasteiger partial charge on any atom is -0.469 e. The molecule has 0 fully saturated rings. The molecule has 3 rings (SSSR count). The first-order valence-electron chi connectivity index (χ1n) is 9.20. The van der Waals surface area contributed by atoms with Crippen LogP contribution in [0, 0.1) is 16.0 Å². The second-order valence-corrected chi connectivity index (χ2v) is 6.93. The molecular formula is C21H21N3O5. The molecule has 0 aliphatic rings. The van der Waals surface area contributed by atoms with Gasteiger partial charge in [-0.15, -0.1) is 0 Å². The summed E-state index contributed by atoms with van der Waals surface area (Å²) in [6.45, 7) is 1.64. The van der Waals surface area contributed by atoms with Crippen molar-refractivity contribution in [3.8, 4) is 0 Å². The zero-order chi connectivity index (χ0) is 21.0. The van der Waals surface area contributed by atoms with Crippen LogP contribution in [-0.4, -0.2) is 34.0 Å². The summed E-state index contributed by atoms with van der Waals surface area (Å²) in [6, 6.07) is 12.3. The van der Waals surface area contributed by atoms with E-state index < -0.39 is 16.8 Å². The first kappa shape index (κ1) is 20.2. The van der Waals surface area contributed by atoms with Gasteiger partial charge in [0.1, 0.15) is 5.69 Å². The van der Waals surface area contributed by atoms with Crippen molar-refractivity contribution in [2.24, 2.45) is 5.92 Å². The summed E-state index contributed by atoms with van der Waals surface area (Å²) in [5.41, 5.74) is 3.03. The number of H-pyrrole nitrogens is 1. The third kappa shape index (κ3) is 4.66. The molecule has 0 saturated carbocycles. The standard InChI is InChI=1S/C21H21N3O5/c1-13(21(26)29-2)10-19(25)20-17-9-8-15(12-18(17)22-23-20)7-6-14-4-3-5-16(11-14)24(27)28/h3-5,8-9,11-13H,6-7,10H2,1-2H3,(H,22,23)/t13-/m1/s1. The number of nitrogens with zero attached hydrogens (tertiary/aromatic N) is 2. The number of hydrogen-bond donors (Lipinski definition) is 1. The van der Waals surface area contributed by atoms with Crippen molar-refractivity contribution in [3.63, 3.8) is 0 Å². The number of non-ortho nitro benzene ring substituents is 1. The number of nitro benzene ring substituents is 1. The van der Waals surface area contributed by atoms with Gasteiger partial charge in [0, 0.05) is 23.9 Å². The quantitative estimate of drug-likeness (QED) is 0.269. The van der Waals surface area contributed by atoms with Gasteiger partial charge in [-0.25, -0.2) is 0 Å². The van der Waals surface area contributed by atoms with E-state index in [0.29, 0.717) is 23.9 Å². The van der Waals surface area contributed by atoms with Crippen LogP contribution in [0.4, 0.5) is 5.69 Å². The lowest BCUT2D eigenvalue weighted by molar-refractivity contribution is -0.384. The molecule has 29 heavy (non-hydrogen) atoms. The maximum Gasteiger partial charge on any atom is 0.308 e. The number of aromatic amines is 1. The Kier molecular flexibility index (Phi) is 6.01. The van der Waals surface area contributed by atoms with E-state index in [0.717, 1.165) is 16.6 Å². The van der Waals surface area contributed by atoms with Crippen LogP contribution in [0.5, 0.6) is 0 Å².